The second-order valence-corrected chi connectivity index (χ2v) is 8.22. The van der Waals surface area contributed by atoms with Gasteiger partial charge in [-0.25, -0.2) is 13.9 Å². The van der Waals surface area contributed by atoms with E-state index in [0.717, 1.165) is 22.3 Å². The maximum absolute atomic E-state index is 13.4. The van der Waals surface area contributed by atoms with Crippen LogP contribution >= 0.6 is 0 Å². The molecule has 2 aromatic heterocycles. The van der Waals surface area contributed by atoms with Crippen LogP contribution in [0.15, 0.2) is 82.4 Å². The molecule has 0 aliphatic carbocycles. The monoisotopic (exact) mass is 424 g/mol. The molecule has 6 nitrogen and oxygen atoms in total. The normalized spacial score (nSPS) is 11.4. The van der Waals surface area contributed by atoms with Crippen LogP contribution in [0.4, 0.5) is 0 Å². The van der Waals surface area contributed by atoms with Gasteiger partial charge in [-0.3, -0.25) is 9.36 Å². The predicted molar refractivity (Wildman–Crippen MR) is 126 cm³/mol. The highest BCUT2D eigenvalue weighted by Crippen LogP contribution is 2.14. The van der Waals surface area contributed by atoms with Crippen LogP contribution in [0, 0.1) is 13.8 Å². The Bertz CT molecular complexity index is 1560. The second kappa shape index (κ2) is 7.96. The summed E-state index contributed by atoms with van der Waals surface area (Å²) in [4.78, 5) is 26.8. The third kappa shape index (κ3) is 3.43. The summed E-state index contributed by atoms with van der Waals surface area (Å²) in [5, 5.41) is 5.15. The van der Waals surface area contributed by atoms with Gasteiger partial charge in [0.2, 0.25) is 5.78 Å². The molecule has 0 amide bonds. The topological polar surface area (TPSA) is 61.3 Å². The SMILES string of the molecule is Cc1ccc(C)c(Cn2nc3n(CCc4ccccc4)c(=O)c4ccccc4n3c2=O)c1. The van der Waals surface area contributed by atoms with E-state index in [-0.39, 0.29) is 11.2 Å². The highest BCUT2D eigenvalue weighted by atomic mass is 16.2. The van der Waals surface area contributed by atoms with Crippen molar-refractivity contribution in [2.75, 3.05) is 0 Å². The molecule has 0 N–H and O–H groups in total. The molecule has 0 bridgehead atoms. The Hall–Kier alpha value is -3.93. The summed E-state index contributed by atoms with van der Waals surface area (Å²) in [6.45, 7) is 4.86. The summed E-state index contributed by atoms with van der Waals surface area (Å²) in [7, 11) is 0. The maximum Gasteiger partial charge on any atom is 0.352 e. The Morgan fingerprint density at radius 1 is 0.875 bits per heavy atom. The third-order valence-electron chi connectivity index (χ3n) is 5.98. The molecule has 0 saturated heterocycles. The summed E-state index contributed by atoms with van der Waals surface area (Å²) in [5.74, 6) is 0.375. The summed E-state index contributed by atoms with van der Waals surface area (Å²) >= 11 is 0. The Labute approximate surface area is 185 Å². The van der Waals surface area contributed by atoms with Gasteiger partial charge in [0.05, 0.1) is 17.4 Å². The fourth-order valence-corrected chi connectivity index (χ4v) is 4.19. The molecule has 0 spiro atoms. The van der Waals surface area contributed by atoms with Gasteiger partial charge in [-0.2, -0.15) is 0 Å². The molecule has 2 heterocycles. The van der Waals surface area contributed by atoms with Crippen LogP contribution < -0.4 is 11.2 Å². The molecular formula is C26H24N4O2. The minimum absolute atomic E-state index is 0.132. The molecule has 0 unspecified atom stereocenters. The quantitative estimate of drug-likeness (QED) is 0.432. The number of hydrogen-bond acceptors (Lipinski definition) is 3. The Morgan fingerprint density at radius 3 is 2.44 bits per heavy atom. The standard InChI is InChI=1S/C26H24N4O2/c1-18-12-13-19(2)21(16-18)17-29-26(32)30-23-11-7-6-10-22(23)24(31)28(25(30)27-29)15-14-20-8-4-3-5-9-20/h3-13,16H,14-15,17H2,1-2H3. The largest absolute Gasteiger partial charge is 0.352 e. The number of para-hydroxylation sites is 1. The van der Waals surface area contributed by atoms with Gasteiger partial charge in [0.1, 0.15) is 0 Å². The van der Waals surface area contributed by atoms with Crippen molar-refractivity contribution < 1.29 is 0 Å². The first-order chi connectivity index (χ1) is 15.5. The molecular weight excluding hydrogens is 400 g/mol. The molecule has 6 heteroatoms. The van der Waals surface area contributed by atoms with E-state index >= 15 is 0 Å². The first-order valence-corrected chi connectivity index (χ1v) is 10.7. The van der Waals surface area contributed by atoms with E-state index in [1.165, 1.54) is 4.68 Å². The zero-order chi connectivity index (χ0) is 22.2. The number of nitrogens with zero attached hydrogens (tertiary/aromatic N) is 4. The molecule has 32 heavy (non-hydrogen) atoms. The van der Waals surface area contributed by atoms with Crippen molar-refractivity contribution in [2.45, 2.75) is 33.4 Å². The summed E-state index contributed by atoms with van der Waals surface area (Å²) in [6, 6.07) is 23.4. The van der Waals surface area contributed by atoms with Crippen LogP contribution in [0.5, 0.6) is 0 Å². The number of fused-ring (bicyclic) bond motifs is 3. The molecule has 0 aliphatic heterocycles. The van der Waals surface area contributed by atoms with Crippen molar-refractivity contribution in [1.82, 2.24) is 18.7 Å². The summed E-state index contributed by atoms with van der Waals surface area (Å²) in [5.41, 5.74) is 4.61. The van der Waals surface area contributed by atoms with Crippen LogP contribution in [0.2, 0.25) is 0 Å². The Balaban J connectivity index is 1.69. The molecule has 160 valence electrons. The molecule has 5 rings (SSSR count). The van der Waals surface area contributed by atoms with Crippen molar-refractivity contribution in [3.8, 4) is 0 Å². The molecule has 0 aliphatic rings. The van der Waals surface area contributed by atoms with Crippen LogP contribution in [0.1, 0.15) is 22.3 Å². The molecule has 0 radical (unpaired) electrons. The van der Waals surface area contributed by atoms with Gasteiger partial charge in [-0.1, -0.05) is 66.2 Å². The van der Waals surface area contributed by atoms with Crippen LogP contribution in [0.3, 0.4) is 0 Å². The Morgan fingerprint density at radius 2 is 1.62 bits per heavy atom. The number of hydrogen-bond donors (Lipinski definition) is 0. The van der Waals surface area contributed by atoms with Gasteiger partial charge in [-0.05, 0) is 49.1 Å². The number of aromatic nitrogens is 4. The summed E-state index contributed by atoms with van der Waals surface area (Å²) in [6.07, 6.45) is 0.673. The smallest absolute Gasteiger partial charge is 0.276 e. The lowest BCUT2D eigenvalue weighted by Crippen LogP contribution is -2.27. The van der Waals surface area contributed by atoms with Crippen molar-refractivity contribution in [2.24, 2.45) is 0 Å². The van der Waals surface area contributed by atoms with E-state index in [1.807, 2.05) is 56.3 Å². The molecule has 0 saturated carbocycles. The van der Waals surface area contributed by atoms with E-state index in [1.54, 1.807) is 21.1 Å². The number of rotatable bonds is 5. The predicted octanol–water partition coefficient (Wildman–Crippen LogP) is 3.72. The lowest BCUT2D eigenvalue weighted by Gasteiger charge is -2.09. The first-order valence-electron chi connectivity index (χ1n) is 10.7. The molecule has 5 aromatic rings. The maximum atomic E-state index is 13.4. The van der Waals surface area contributed by atoms with Gasteiger partial charge < -0.3 is 0 Å². The average molecular weight is 425 g/mol. The lowest BCUT2D eigenvalue weighted by atomic mass is 10.1. The van der Waals surface area contributed by atoms with Crippen molar-refractivity contribution in [3.63, 3.8) is 0 Å². The van der Waals surface area contributed by atoms with E-state index in [4.69, 9.17) is 0 Å². The van der Waals surface area contributed by atoms with Crippen molar-refractivity contribution >= 4 is 16.7 Å². The van der Waals surface area contributed by atoms with Gasteiger partial charge in [0.15, 0.2) is 0 Å². The van der Waals surface area contributed by atoms with Crippen LogP contribution in [0.25, 0.3) is 16.7 Å². The van der Waals surface area contributed by atoms with Gasteiger partial charge in [0.25, 0.3) is 5.56 Å². The van der Waals surface area contributed by atoms with E-state index in [0.29, 0.717) is 36.2 Å². The highest BCUT2D eigenvalue weighted by Gasteiger charge is 2.17. The van der Waals surface area contributed by atoms with Crippen LogP contribution in [-0.2, 0) is 19.5 Å². The minimum atomic E-state index is -0.245. The van der Waals surface area contributed by atoms with E-state index in [9.17, 15) is 9.59 Å². The second-order valence-electron chi connectivity index (χ2n) is 8.22. The Kier molecular flexibility index (Phi) is 4.98. The van der Waals surface area contributed by atoms with Gasteiger partial charge >= 0.3 is 5.69 Å². The van der Waals surface area contributed by atoms with E-state index in [2.05, 4.69) is 23.3 Å². The average Bonchev–Trinajstić information content (AvgIpc) is 3.13. The van der Waals surface area contributed by atoms with E-state index < -0.39 is 0 Å². The fraction of sp³-hybridized carbons (Fsp3) is 0.192. The number of benzene rings is 3. The molecule has 0 atom stereocenters. The van der Waals surface area contributed by atoms with Gasteiger partial charge in [0, 0.05) is 6.54 Å². The first kappa shape index (κ1) is 20.0. The summed E-state index contributed by atoms with van der Waals surface area (Å²) < 4.78 is 4.64. The minimum Gasteiger partial charge on any atom is -0.276 e. The highest BCUT2D eigenvalue weighted by molar-refractivity contribution is 5.80. The molecule has 0 fully saturated rings. The van der Waals surface area contributed by atoms with Crippen LogP contribution in [-0.4, -0.2) is 18.7 Å². The lowest BCUT2D eigenvalue weighted by molar-refractivity contribution is 0.643. The van der Waals surface area contributed by atoms with Crippen molar-refractivity contribution in [1.29, 1.82) is 0 Å². The third-order valence-corrected chi connectivity index (χ3v) is 5.98. The van der Waals surface area contributed by atoms with Gasteiger partial charge in [-0.15, -0.1) is 5.10 Å². The molecule has 3 aromatic carbocycles. The number of aryl methyl sites for hydroxylation is 4. The zero-order valence-corrected chi connectivity index (χ0v) is 18.2. The fourth-order valence-electron chi connectivity index (χ4n) is 4.19. The zero-order valence-electron chi connectivity index (χ0n) is 18.2. The van der Waals surface area contributed by atoms with Crippen molar-refractivity contribution in [3.05, 3.63) is 116 Å².